The van der Waals surface area contributed by atoms with Crippen LogP contribution in [0, 0.1) is 5.92 Å². The van der Waals surface area contributed by atoms with Crippen molar-refractivity contribution in [3.05, 3.63) is 5.92 Å². The van der Waals surface area contributed by atoms with Gasteiger partial charge in [-0.2, -0.15) is 0 Å². The van der Waals surface area contributed by atoms with E-state index in [0.29, 0.717) is 0 Å². The minimum absolute atomic E-state index is 0.934. The third-order valence-electron chi connectivity index (χ3n) is 1.48. The van der Waals surface area contributed by atoms with Gasteiger partial charge in [-0.25, -0.2) is 0 Å². The second kappa shape index (κ2) is 3.08. The maximum absolute atomic E-state index is 4.91. The summed E-state index contributed by atoms with van der Waals surface area (Å²) >= 11 is 0. The molecular weight excluding hydrogens is 100 g/mol. The Labute approximate surface area is 51.0 Å². The van der Waals surface area contributed by atoms with E-state index in [-0.39, 0.29) is 0 Å². The number of ether oxygens (including phenoxy) is 1. The Bertz CT molecular complexity index is 57.4. The molecule has 0 atom stereocenters. The van der Waals surface area contributed by atoms with Gasteiger partial charge < -0.3 is 4.74 Å². The lowest BCUT2D eigenvalue weighted by Gasteiger charge is -1.94. The van der Waals surface area contributed by atoms with Crippen LogP contribution in [0.4, 0.5) is 0 Å². The van der Waals surface area contributed by atoms with Crippen molar-refractivity contribution in [3.63, 3.8) is 0 Å². The number of hydrogen-bond donors (Lipinski definition) is 0. The van der Waals surface area contributed by atoms with Crippen LogP contribution < -0.4 is 0 Å². The number of methoxy groups -OCH3 is 1. The van der Waals surface area contributed by atoms with E-state index >= 15 is 0 Å². The van der Waals surface area contributed by atoms with Gasteiger partial charge in [-0.15, -0.1) is 0 Å². The smallest absolute Gasteiger partial charge is 0.0462 e. The van der Waals surface area contributed by atoms with Crippen molar-refractivity contribution in [1.29, 1.82) is 0 Å². The van der Waals surface area contributed by atoms with Gasteiger partial charge in [0.25, 0.3) is 0 Å². The third kappa shape index (κ3) is 2.31. The first-order chi connectivity index (χ1) is 3.93. The van der Waals surface area contributed by atoms with Crippen LogP contribution in [0.15, 0.2) is 0 Å². The zero-order chi connectivity index (χ0) is 5.82. The minimum atomic E-state index is 0.934. The molecular formula is C7H13O. The molecule has 0 aromatic heterocycles. The molecule has 0 aromatic rings. The van der Waals surface area contributed by atoms with E-state index < -0.39 is 0 Å². The fourth-order valence-electron chi connectivity index (χ4n) is 0.805. The molecule has 0 spiro atoms. The molecule has 1 saturated carbocycles. The fraction of sp³-hybridized carbons (Fsp3) is 0.857. The molecule has 0 bridgehead atoms. The van der Waals surface area contributed by atoms with Gasteiger partial charge in [0.15, 0.2) is 0 Å². The molecule has 1 rings (SSSR count). The van der Waals surface area contributed by atoms with Crippen LogP contribution >= 0.6 is 0 Å². The summed E-state index contributed by atoms with van der Waals surface area (Å²) in [5.41, 5.74) is 0. The standard InChI is InChI=1S/C7H13O/c1-8-6-2-3-7-4-5-7/h2-6H2,1H3. The minimum Gasteiger partial charge on any atom is -0.385 e. The predicted octanol–water partition coefficient (Wildman–Crippen LogP) is 1.78. The molecule has 0 aromatic carbocycles. The summed E-state index contributed by atoms with van der Waals surface area (Å²) in [7, 11) is 1.76. The molecule has 0 amide bonds. The summed E-state index contributed by atoms with van der Waals surface area (Å²) in [4.78, 5) is 0. The van der Waals surface area contributed by atoms with Crippen molar-refractivity contribution in [2.75, 3.05) is 13.7 Å². The molecule has 1 nitrogen and oxygen atoms in total. The molecule has 0 aliphatic heterocycles. The van der Waals surface area contributed by atoms with Crippen molar-refractivity contribution >= 4 is 0 Å². The average molecular weight is 113 g/mol. The second-order valence-electron chi connectivity index (χ2n) is 2.35. The Kier molecular flexibility index (Phi) is 2.34. The summed E-state index contributed by atoms with van der Waals surface area (Å²) in [6, 6.07) is 0. The van der Waals surface area contributed by atoms with Crippen LogP contribution in [0.2, 0.25) is 0 Å². The van der Waals surface area contributed by atoms with Gasteiger partial charge in [-0.1, -0.05) is 0 Å². The molecule has 0 saturated heterocycles. The van der Waals surface area contributed by atoms with E-state index in [2.05, 4.69) is 0 Å². The van der Waals surface area contributed by atoms with Crippen LogP contribution in [0.1, 0.15) is 25.7 Å². The van der Waals surface area contributed by atoms with Crippen molar-refractivity contribution in [1.82, 2.24) is 0 Å². The highest BCUT2D eigenvalue weighted by atomic mass is 16.5. The monoisotopic (exact) mass is 113 g/mol. The first-order valence-corrected chi connectivity index (χ1v) is 3.26. The molecule has 1 aliphatic rings. The Morgan fingerprint density at radius 2 is 2.25 bits per heavy atom. The summed E-state index contributed by atoms with van der Waals surface area (Å²) < 4.78 is 4.91. The summed E-state index contributed by atoms with van der Waals surface area (Å²) in [6.45, 7) is 0.934. The van der Waals surface area contributed by atoms with Crippen molar-refractivity contribution in [2.24, 2.45) is 0 Å². The highest BCUT2D eigenvalue weighted by molar-refractivity contribution is 5.04. The van der Waals surface area contributed by atoms with Gasteiger partial charge in [0, 0.05) is 13.7 Å². The molecule has 0 unspecified atom stereocenters. The lowest BCUT2D eigenvalue weighted by atomic mass is 10.2. The first-order valence-electron chi connectivity index (χ1n) is 3.26. The molecule has 1 fully saturated rings. The van der Waals surface area contributed by atoms with Gasteiger partial charge in [-0.05, 0) is 31.6 Å². The van der Waals surface area contributed by atoms with Gasteiger partial charge in [0.05, 0.1) is 0 Å². The molecule has 1 heteroatoms. The topological polar surface area (TPSA) is 9.23 Å². The Hall–Kier alpha value is -0.0400. The van der Waals surface area contributed by atoms with Crippen molar-refractivity contribution in [3.8, 4) is 0 Å². The Morgan fingerprint density at radius 3 is 2.75 bits per heavy atom. The van der Waals surface area contributed by atoms with Crippen LogP contribution in [-0.4, -0.2) is 13.7 Å². The maximum atomic E-state index is 4.91. The zero-order valence-corrected chi connectivity index (χ0v) is 5.44. The maximum Gasteiger partial charge on any atom is 0.0462 e. The summed E-state index contributed by atoms with van der Waals surface area (Å²) in [5.74, 6) is 1.74. The normalized spacial score (nSPS) is 19.1. The van der Waals surface area contributed by atoms with Crippen molar-refractivity contribution < 1.29 is 4.74 Å². The zero-order valence-electron chi connectivity index (χ0n) is 5.44. The highest BCUT2D eigenvalue weighted by Crippen LogP contribution is 2.35. The van der Waals surface area contributed by atoms with Crippen LogP contribution in [0.5, 0.6) is 0 Å². The van der Waals surface area contributed by atoms with Crippen LogP contribution in [0.3, 0.4) is 0 Å². The molecule has 0 heterocycles. The van der Waals surface area contributed by atoms with Gasteiger partial charge in [-0.3, -0.25) is 0 Å². The van der Waals surface area contributed by atoms with Crippen LogP contribution in [0.25, 0.3) is 0 Å². The second-order valence-corrected chi connectivity index (χ2v) is 2.35. The lowest BCUT2D eigenvalue weighted by Crippen LogP contribution is -1.87. The average Bonchev–Trinajstić information content (AvgIpc) is 2.51. The van der Waals surface area contributed by atoms with E-state index in [1.54, 1.807) is 13.0 Å². The number of rotatable bonds is 4. The molecule has 1 aliphatic carbocycles. The van der Waals surface area contributed by atoms with Gasteiger partial charge in [0.1, 0.15) is 0 Å². The largest absolute Gasteiger partial charge is 0.385 e. The summed E-state index contributed by atoms with van der Waals surface area (Å²) in [6.07, 6.45) is 5.33. The van der Waals surface area contributed by atoms with E-state index in [1.807, 2.05) is 0 Å². The van der Waals surface area contributed by atoms with Gasteiger partial charge in [0.2, 0.25) is 0 Å². The molecule has 8 heavy (non-hydrogen) atoms. The van der Waals surface area contributed by atoms with Gasteiger partial charge >= 0.3 is 0 Å². The lowest BCUT2D eigenvalue weighted by molar-refractivity contribution is 0.194. The number of hydrogen-bond acceptors (Lipinski definition) is 1. The fourth-order valence-corrected chi connectivity index (χ4v) is 0.805. The van der Waals surface area contributed by atoms with Crippen LogP contribution in [-0.2, 0) is 4.74 Å². The summed E-state index contributed by atoms with van der Waals surface area (Å²) in [5, 5.41) is 0. The molecule has 1 radical (unpaired) electrons. The Balaban J connectivity index is 1.74. The SMILES string of the molecule is COCCC[C]1CC1. The van der Waals surface area contributed by atoms with Crippen molar-refractivity contribution in [2.45, 2.75) is 25.7 Å². The highest BCUT2D eigenvalue weighted by Gasteiger charge is 2.20. The molecule has 0 N–H and O–H groups in total. The third-order valence-corrected chi connectivity index (χ3v) is 1.48. The van der Waals surface area contributed by atoms with E-state index in [9.17, 15) is 0 Å². The quantitative estimate of drug-likeness (QED) is 0.505. The van der Waals surface area contributed by atoms with E-state index in [4.69, 9.17) is 4.74 Å². The van der Waals surface area contributed by atoms with E-state index in [0.717, 1.165) is 6.61 Å². The van der Waals surface area contributed by atoms with E-state index in [1.165, 1.54) is 25.7 Å². The predicted molar refractivity (Wildman–Crippen MR) is 33.6 cm³/mol. The first kappa shape index (κ1) is 6.09. The molecule has 47 valence electrons. The Morgan fingerprint density at radius 1 is 1.50 bits per heavy atom.